The molecule has 138 valence electrons. The molecule has 1 unspecified atom stereocenters. The van der Waals surface area contributed by atoms with Crippen molar-refractivity contribution < 1.29 is 9.53 Å². The number of hydrogen-bond donors (Lipinski definition) is 2. The fourth-order valence-electron chi connectivity index (χ4n) is 2.36. The Morgan fingerprint density at radius 2 is 1.89 bits per heavy atom. The average Bonchev–Trinajstić information content (AvgIpc) is 3.50. The van der Waals surface area contributed by atoms with E-state index in [-0.39, 0.29) is 11.9 Å². The number of nitrogens with one attached hydrogen (secondary N) is 1. The largest absolute Gasteiger partial charge is 0.497 e. The summed E-state index contributed by atoms with van der Waals surface area (Å²) in [6.07, 6.45) is 2.24. The zero-order valence-electron chi connectivity index (χ0n) is 14.9. The second-order valence-corrected chi connectivity index (χ2v) is 6.65. The lowest BCUT2D eigenvalue weighted by Gasteiger charge is -2.10. The van der Waals surface area contributed by atoms with E-state index in [4.69, 9.17) is 22.1 Å². The standard InChI is InChI=1S/C21H20ClN3O2/c1-27-18-11-7-15(8-12-18)19(13-4-14-2-3-14)24-21(23)25-20(26)16-5-9-17(22)10-6-16/h5-12,14,19H,2-3H2,1H3,(H3,23,24,25,26). The van der Waals surface area contributed by atoms with Crippen molar-refractivity contribution in [2.75, 3.05) is 7.11 Å². The van der Waals surface area contributed by atoms with Crippen LogP contribution in [0.25, 0.3) is 0 Å². The summed E-state index contributed by atoms with van der Waals surface area (Å²) in [5.74, 6) is 7.22. The lowest BCUT2D eigenvalue weighted by molar-refractivity contribution is 0.0976. The highest BCUT2D eigenvalue weighted by Crippen LogP contribution is 2.28. The van der Waals surface area contributed by atoms with Crippen LogP contribution < -0.4 is 15.8 Å². The van der Waals surface area contributed by atoms with E-state index in [1.54, 1.807) is 31.4 Å². The van der Waals surface area contributed by atoms with E-state index in [0.717, 1.165) is 24.2 Å². The SMILES string of the molecule is COc1ccc(C(C#CC2CC2)N=C(N)NC(=O)c2ccc(Cl)cc2)cc1. The summed E-state index contributed by atoms with van der Waals surface area (Å²) in [5, 5.41) is 3.15. The normalized spacial score (nSPS) is 14.7. The van der Waals surface area contributed by atoms with Gasteiger partial charge in [-0.3, -0.25) is 10.1 Å². The van der Waals surface area contributed by atoms with Crippen molar-refractivity contribution >= 4 is 23.5 Å². The Morgan fingerprint density at radius 1 is 1.22 bits per heavy atom. The van der Waals surface area contributed by atoms with Crippen molar-refractivity contribution in [3.05, 3.63) is 64.7 Å². The first-order chi connectivity index (χ1) is 13.0. The molecule has 2 aromatic rings. The van der Waals surface area contributed by atoms with Gasteiger partial charge in [-0.1, -0.05) is 35.6 Å². The average molecular weight is 382 g/mol. The van der Waals surface area contributed by atoms with E-state index < -0.39 is 6.04 Å². The van der Waals surface area contributed by atoms with E-state index in [2.05, 4.69) is 22.2 Å². The summed E-state index contributed by atoms with van der Waals surface area (Å²) < 4.78 is 5.19. The van der Waals surface area contributed by atoms with Crippen molar-refractivity contribution in [3.8, 4) is 17.6 Å². The highest BCUT2D eigenvalue weighted by Gasteiger charge is 2.19. The third-order valence-corrected chi connectivity index (χ3v) is 4.30. The Morgan fingerprint density at radius 3 is 2.48 bits per heavy atom. The molecule has 5 nitrogen and oxygen atoms in total. The van der Waals surface area contributed by atoms with Gasteiger partial charge in [0.1, 0.15) is 11.8 Å². The summed E-state index contributed by atoms with van der Waals surface area (Å²) in [4.78, 5) is 16.7. The molecule has 1 saturated carbocycles. The van der Waals surface area contributed by atoms with Crippen molar-refractivity contribution in [2.45, 2.75) is 18.9 Å². The molecule has 1 fully saturated rings. The number of methoxy groups -OCH3 is 1. The van der Waals surface area contributed by atoms with Gasteiger partial charge < -0.3 is 10.5 Å². The van der Waals surface area contributed by atoms with Gasteiger partial charge in [0.05, 0.1) is 7.11 Å². The number of halogens is 1. The molecule has 0 saturated heterocycles. The van der Waals surface area contributed by atoms with Crippen molar-refractivity contribution in [1.29, 1.82) is 0 Å². The predicted molar refractivity (Wildman–Crippen MR) is 107 cm³/mol. The summed E-state index contributed by atoms with van der Waals surface area (Å²) in [6, 6.07) is 13.6. The highest BCUT2D eigenvalue weighted by atomic mass is 35.5. The molecule has 1 atom stereocenters. The van der Waals surface area contributed by atoms with Crippen molar-refractivity contribution in [1.82, 2.24) is 5.32 Å². The number of amides is 1. The van der Waals surface area contributed by atoms with E-state index >= 15 is 0 Å². The Labute approximate surface area is 163 Å². The summed E-state index contributed by atoms with van der Waals surface area (Å²) in [7, 11) is 1.61. The van der Waals surface area contributed by atoms with Crippen molar-refractivity contribution in [2.24, 2.45) is 16.6 Å². The van der Waals surface area contributed by atoms with Gasteiger partial charge in [-0.05, 0) is 54.8 Å². The second kappa shape index (κ2) is 8.61. The first kappa shape index (κ1) is 18.8. The molecular formula is C21H20ClN3O2. The van der Waals surface area contributed by atoms with Crippen LogP contribution in [0, 0.1) is 17.8 Å². The summed E-state index contributed by atoms with van der Waals surface area (Å²) >= 11 is 5.84. The number of nitrogens with zero attached hydrogens (tertiary/aromatic N) is 1. The maximum atomic E-state index is 12.3. The number of carbonyl (C=O) groups is 1. The second-order valence-electron chi connectivity index (χ2n) is 6.21. The van der Waals surface area contributed by atoms with Gasteiger partial charge in [0.2, 0.25) is 0 Å². The maximum Gasteiger partial charge on any atom is 0.257 e. The summed E-state index contributed by atoms with van der Waals surface area (Å²) in [5.41, 5.74) is 7.29. The molecule has 0 spiro atoms. The van der Waals surface area contributed by atoms with Crippen LogP contribution in [0.3, 0.4) is 0 Å². The fourth-order valence-corrected chi connectivity index (χ4v) is 2.49. The molecule has 0 radical (unpaired) electrons. The lowest BCUT2D eigenvalue weighted by atomic mass is 10.1. The number of rotatable bonds is 4. The molecule has 0 aromatic heterocycles. The molecule has 0 aliphatic heterocycles. The van der Waals surface area contributed by atoms with Crippen LogP contribution >= 0.6 is 11.6 Å². The minimum atomic E-state index is -0.456. The van der Waals surface area contributed by atoms with Gasteiger partial charge in [0.25, 0.3) is 5.91 Å². The van der Waals surface area contributed by atoms with Crippen LogP contribution in [0.1, 0.15) is 34.8 Å². The Hall–Kier alpha value is -2.97. The van der Waals surface area contributed by atoms with Gasteiger partial charge in [0, 0.05) is 16.5 Å². The molecule has 0 bridgehead atoms. The molecule has 0 heterocycles. The smallest absolute Gasteiger partial charge is 0.257 e. The van der Waals surface area contributed by atoms with Gasteiger partial charge >= 0.3 is 0 Å². The molecule has 3 rings (SSSR count). The maximum absolute atomic E-state index is 12.3. The van der Waals surface area contributed by atoms with E-state index in [9.17, 15) is 4.79 Å². The Bertz CT molecular complexity index is 892. The van der Waals surface area contributed by atoms with Crippen LogP contribution in [0.2, 0.25) is 5.02 Å². The molecule has 3 N–H and O–H groups in total. The number of aliphatic imine (C=N–C) groups is 1. The van der Waals surface area contributed by atoms with Gasteiger partial charge in [0.15, 0.2) is 5.96 Å². The van der Waals surface area contributed by atoms with E-state index in [0.29, 0.717) is 16.5 Å². The summed E-state index contributed by atoms with van der Waals surface area (Å²) in [6.45, 7) is 0. The Balaban J connectivity index is 1.77. The number of nitrogens with two attached hydrogens (primary N) is 1. The van der Waals surface area contributed by atoms with Crippen LogP contribution in [0.4, 0.5) is 0 Å². The van der Waals surface area contributed by atoms with Gasteiger partial charge in [-0.25, -0.2) is 4.99 Å². The van der Waals surface area contributed by atoms with E-state index in [1.165, 1.54) is 0 Å². The number of ether oxygens (including phenoxy) is 1. The van der Waals surface area contributed by atoms with E-state index in [1.807, 2.05) is 24.3 Å². The first-order valence-electron chi connectivity index (χ1n) is 8.60. The lowest BCUT2D eigenvalue weighted by Crippen LogP contribution is -2.37. The first-order valence-corrected chi connectivity index (χ1v) is 8.98. The third-order valence-electron chi connectivity index (χ3n) is 4.05. The monoisotopic (exact) mass is 381 g/mol. The van der Waals surface area contributed by atoms with Gasteiger partial charge in [-0.15, -0.1) is 0 Å². The quantitative estimate of drug-likeness (QED) is 0.483. The fraction of sp³-hybridized carbons (Fsp3) is 0.238. The molecule has 27 heavy (non-hydrogen) atoms. The number of hydrogen-bond acceptors (Lipinski definition) is 3. The molecule has 1 aliphatic rings. The molecular weight excluding hydrogens is 362 g/mol. The zero-order chi connectivity index (χ0) is 19.2. The van der Waals surface area contributed by atoms with Crippen LogP contribution in [0.5, 0.6) is 5.75 Å². The predicted octanol–water partition coefficient (Wildman–Crippen LogP) is 3.55. The number of carbonyl (C=O) groups excluding carboxylic acids is 1. The molecule has 6 heteroatoms. The number of guanidine groups is 1. The third kappa shape index (κ3) is 5.50. The topological polar surface area (TPSA) is 76.7 Å². The number of benzene rings is 2. The molecule has 1 aliphatic carbocycles. The van der Waals surface area contributed by atoms with Gasteiger partial charge in [-0.2, -0.15) is 0 Å². The Kier molecular flexibility index (Phi) is 6.00. The highest BCUT2D eigenvalue weighted by molar-refractivity contribution is 6.30. The van der Waals surface area contributed by atoms with Crippen LogP contribution in [0.15, 0.2) is 53.5 Å². The zero-order valence-corrected chi connectivity index (χ0v) is 15.7. The van der Waals surface area contributed by atoms with Crippen molar-refractivity contribution in [3.63, 3.8) is 0 Å². The molecule has 2 aromatic carbocycles. The molecule has 1 amide bonds. The minimum absolute atomic E-state index is 0.0147. The van der Waals surface area contributed by atoms with Crippen LogP contribution in [-0.4, -0.2) is 19.0 Å². The van der Waals surface area contributed by atoms with Crippen LogP contribution in [-0.2, 0) is 0 Å². The minimum Gasteiger partial charge on any atom is -0.497 e.